The summed E-state index contributed by atoms with van der Waals surface area (Å²) in [6, 6.07) is 0.584. The Morgan fingerprint density at radius 2 is 2.33 bits per heavy atom. The molecule has 1 fully saturated rings. The van der Waals surface area contributed by atoms with Crippen molar-refractivity contribution in [2.75, 3.05) is 13.2 Å². The lowest BCUT2D eigenvalue weighted by Crippen LogP contribution is -2.35. The van der Waals surface area contributed by atoms with Crippen LogP contribution in [0.5, 0.6) is 0 Å². The van der Waals surface area contributed by atoms with E-state index >= 15 is 0 Å². The van der Waals surface area contributed by atoms with Crippen LogP contribution in [-0.2, 0) is 4.74 Å². The highest BCUT2D eigenvalue weighted by molar-refractivity contribution is 5.10. The van der Waals surface area contributed by atoms with Gasteiger partial charge in [-0.3, -0.25) is 0 Å². The van der Waals surface area contributed by atoms with E-state index < -0.39 is 0 Å². The Hall–Kier alpha value is -0.500. The maximum atomic E-state index is 5.44. The fourth-order valence-corrected chi connectivity index (χ4v) is 2.51. The van der Waals surface area contributed by atoms with E-state index in [1.54, 1.807) is 0 Å². The summed E-state index contributed by atoms with van der Waals surface area (Å²) in [4.78, 5) is 0. The number of rotatable bonds is 5. The molecule has 1 N–H and O–H groups in total. The van der Waals surface area contributed by atoms with Gasteiger partial charge in [-0.05, 0) is 37.3 Å². The summed E-state index contributed by atoms with van der Waals surface area (Å²) in [7, 11) is 0. The van der Waals surface area contributed by atoms with Crippen LogP contribution in [0.2, 0.25) is 0 Å². The molecule has 0 aromatic rings. The molecule has 1 aliphatic carbocycles. The van der Waals surface area contributed by atoms with Crippen LogP contribution >= 0.6 is 0 Å². The van der Waals surface area contributed by atoms with Gasteiger partial charge < -0.3 is 10.1 Å². The van der Waals surface area contributed by atoms with Gasteiger partial charge in [-0.15, -0.1) is 0 Å². The van der Waals surface area contributed by atoms with E-state index in [0.717, 1.165) is 19.1 Å². The number of nitrogens with one attached hydrogen (secondary N) is 1. The van der Waals surface area contributed by atoms with Crippen LogP contribution in [0.15, 0.2) is 11.8 Å². The van der Waals surface area contributed by atoms with E-state index in [4.69, 9.17) is 4.74 Å². The predicted molar refractivity (Wildman–Crippen MR) is 62.7 cm³/mol. The van der Waals surface area contributed by atoms with Crippen LogP contribution in [0, 0.1) is 5.92 Å². The average Bonchev–Trinajstić information content (AvgIpc) is 2.23. The average molecular weight is 209 g/mol. The summed E-state index contributed by atoms with van der Waals surface area (Å²) in [6.07, 6.45) is 10.1. The topological polar surface area (TPSA) is 21.3 Å². The van der Waals surface area contributed by atoms with Crippen molar-refractivity contribution in [1.29, 1.82) is 0 Å². The van der Waals surface area contributed by atoms with Crippen LogP contribution in [0.25, 0.3) is 0 Å². The zero-order valence-electron chi connectivity index (χ0n) is 9.80. The molecular formula is C13H23NO. The monoisotopic (exact) mass is 209 g/mol. The molecule has 1 heterocycles. The minimum atomic E-state index is 0.584. The van der Waals surface area contributed by atoms with Crippen molar-refractivity contribution in [2.45, 2.75) is 51.5 Å². The van der Waals surface area contributed by atoms with E-state index in [0.29, 0.717) is 6.04 Å². The zero-order valence-corrected chi connectivity index (χ0v) is 9.80. The van der Waals surface area contributed by atoms with Gasteiger partial charge in [0.25, 0.3) is 0 Å². The number of likely N-dealkylation sites (N-methyl/N-ethyl adjacent to an activating group) is 1. The summed E-state index contributed by atoms with van der Waals surface area (Å²) in [5.41, 5.74) is 1.50. The molecule has 2 rings (SSSR count). The van der Waals surface area contributed by atoms with Gasteiger partial charge in [0.2, 0.25) is 0 Å². The van der Waals surface area contributed by atoms with E-state index in [9.17, 15) is 0 Å². The van der Waals surface area contributed by atoms with Crippen molar-refractivity contribution < 1.29 is 4.74 Å². The molecule has 86 valence electrons. The lowest BCUT2D eigenvalue weighted by Gasteiger charge is -2.32. The second-order valence-corrected chi connectivity index (χ2v) is 4.81. The molecule has 0 saturated heterocycles. The van der Waals surface area contributed by atoms with E-state index in [-0.39, 0.29) is 0 Å². The molecule has 2 nitrogen and oxygen atoms in total. The Balaban J connectivity index is 1.88. The van der Waals surface area contributed by atoms with E-state index in [1.165, 1.54) is 44.1 Å². The maximum absolute atomic E-state index is 5.44. The first-order valence-electron chi connectivity index (χ1n) is 6.44. The first-order chi connectivity index (χ1) is 7.40. The molecule has 1 atom stereocenters. The third-order valence-corrected chi connectivity index (χ3v) is 3.65. The van der Waals surface area contributed by atoms with Crippen LogP contribution in [0.4, 0.5) is 0 Å². The lowest BCUT2D eigenvalue weighted by molar-refractivity contribution is 0.211. The van der Waals surface area contributed by atoms with Crippen LogP contribution in [0.3, 0.4) is 0 Å². The smallest absolute Gasteiger partial charge is 0.0876 e. The molecule has 0 spiro atoms. The van der Waals surface area contributed by atoms with Crippen molar-refractivity contribution >= 4 is 0 Å². The minimum absolute atomic E-state index is 0.584. The molecule has 0 amide bonds. The molecule has 1 unspecified atom stereocenters. The first-order valence-corrected chi connectivity index (χ1v) is 6.44. The fourth-order valence-electron chi connectivity index (χ4n) is 2.51. The van der Waals surface area contributed by atoms with Gasteiger partial charge in [-0.1, -0.05) is 26.2 Å². The standard InChI is InChI=1S/C13H23NO/c1-2-14-13(9-11-5-3-6-11)12-7-4-8-15-10-12/h10-11,13-14H,2-9H2,1H3. The van der Waals surface area contributed by atoms with Crippen molar-refractivity contribution in [3.05, 3.63) is 11.8 Å². The molecule has 0 bridgehead atoms. The normalized spacial score (nSPS) is 23.9. The maximum Gasteiger partial charge on any atom is 0.0876 e. The van der Waals surface area contributed by atoms with Crippen LogP contribution in [0.1, 0.15) is 45.4 Å². The Kier molecular flexibility index (Phi) is 4.07. The summed E-state index contributed by atoms with van der Waals surface area (Å²) < 4.78 is 5.44. The third kappa shape index (κ3) is 2.97. The van der Waals surface area contributed by atoms with Crippen molar-refractivity contribution in [3.63, 3.8) is 0 Å². The number of hydrogen-bond acceptors (Lipinski definition) is 2. The van der Waals surface area contributed by atoms with E-state index in [1.807, 2.05) is 6.26 Å². The molecule has 15 heavy (non-hydrogen) atoms. The quantitative estimate of drug-likeness (QED) is 0.751. The van der Waals surface area contributed by atoms with Gasteiger partial charge in [0.15, 0.2) is 0 Å². The van der Waals surface area contributed by atoms with Gasteiger partial charge in [0.05, 0.1) is 12.9 Å². The third-order valence-electron chi connectivity index (χ3n) is 3.65. The highest BCUT2D eigenvalue weighted by Gasteiger charge is 2.24. The van der Waals surface area contributed by atoms with Crippen molar-refractivity contribution in [3.8, 4) is 0 Å². The van der Waals surface area contributed by atoms with Gasteiger partial charge in [-0.25, -0.2) is 0 Å². The Morgan fingerprint density at radius 1 is 1.47 bits per heavy atom. The molecule has 1 aliphatic heterocycles. The van der Waals surface area contributed by atoms with E-state index in [2.05, 4.69) is 12.2 Å². The molecule has 0 aromatic carbocycles. The Bertz CT molecular complexity index is 221. The summed E-state index contributed by atoms with van der Waals surface area (Å²) in [5, 5.41) is 3.60. The molecule has 2 heteroatoms. The minimum Gasteiger partial charge on any atom is -0.501 e. The van der Waals surface area contributed by atoms with Gasteiger partial charge in [-0.2, -0.15) is 0 Å². The van der Waals surface area contributed by atoms with Crippen molar-refractivity contribution in [1.82, 2.24) is 5.32 Å². The molecule has 2 aliphatic rings. The molecular weight excluding hydrogens is 186 g/mol. The van der Waals surface area contributed by atoms with Gasteiger partial charge in [0, 0.05) is 6.04 Å². The first kappa shape index (κ1) is 11.0. The van der Waals surface area contributed by atoms with Crippen LogP contribution in [-0.4, -0.2) is 19.2 Å². The van der Waals surface area contributed by atoms with Gasteiger partial charge >= 0.3 is 0 Å². The van der Waals surface area contributed by atoms with Gasteiger partial charge in [0.1, 0.15) is 0 Å². The fraction of sp³-hybridized carbons (Fsp3) is 0.846. The van der Waals surface area contributed by atoms with Crippen LogP contribution < -0.4 is 5.32 Å². The lowest BCUT2D eigenvalue weighted by atomic mass is 9.79. The highest BCUT2D eigenvalue weighted by atomic mass is 16.5. The van der Waals surface area contributed by atoms with Crippen molar-refractivity contribution in [2.24, 2.45) is 5.92 Å². The second kappa shape index (κ2) is 5.55. The molecule has 0 aromatic heterocycles. The summed E-state index contributed by atoms with van der Waals surface area (Å²) >= 11 is 0. The Labute approximate surface area is 93.1 Å². The highest BCUT2D eigenvalue weighted by Crippen LogP contribution is 2.33. The largest absolute Gasteiger partial charge is 0.501 e. The Morgan fingerprint density at radius 3 is 2.87 bits per heavy atom. The number of hydrogen-bond donors (Lipinski definition) is 1. The summed E-state index contributed by atoms with van der Waals surface area (Å²) in [6.45, 7) is 4.17. The predicted octanol–water partition coefficient (Wildman–Crippen LogP) is 2.85. The SMILES string of the molecule is CCNC(CC1CCC1)C1=COCCC1. The summed E-state index contributed by atoms with van der Waals surface area (Å²) in [5.74, 6) is 0.969. The zero-order chi connectivity index (χ0) is 10.5. The number of ether oxygens (including phenoxy) is 1. The second-order valence-electron chi connectivity index (χ2n) is 4.81. The molecule has 1 saturated carbocycles. The molecule has 0 radical (unpaired) electrons.